The summed E-state index contributed by atoms with van der Waals surface area (Å²) < 4.78 is 19.9. The molecule has 0 N–H and O–H groups in total. The monoisotopic (exact) mass is 414 g/mol. The van der Waals surface area contributed by atoms with Gasteiger partial charge in [0.15, 0.2) is 11.6 Å². The highest BCUT2D eigenvalue weighted by molar-refractivity contribution is 5.30. The summed E-state index contributed by atoms with van der Waals surface area (Å²) in [7, 11) is 0. The number of halogens is 1. The third-order valence-electron chi connectivity index (χ3n) is 7.54. The van der Waals surface area contributed by atoms with E-state index in [1.165, 1.54) is 57.8 Å². The number of ether oxygens (including phenoxy) is 1. The average molecular weight is 415 g/mol. The van der Waals surface area contributed by atoms with Crippen LogP contribution in [-0.2, 0) is 6.42 Å². The minimum Gasteiger partial charge on any atom is -0.491 e. The van der Waals surface area contributed by atoms with Gasteiger partial charge in [0.1, 0.15) is 0 Å². The molecule has 0 radical (unpaired) electrons. The van der Waals surface area contributed by atoms with Gasteiger partial charge >= 0.3 is 0 Å². The molecule has 0 bridgehead atoms. The normalized spacial score (nSPS) is 24.5. The van der Waals surface area contributed by atoms with E-state index in [1.807, 2.05) is 12.1 Å². The van der Waals surface area contributed by atoms with E-state index in [9.17, 15) is 4.39 Å². The molecule has 0 aromatic heterocycles. The molecule has 1 aromatic rings. The predicted octanol–water partition coefficient (Wildman–Crippen LogP) is 8.66. The van der Waals surface area contributed by atoms with Gasteiger partial charge < -0.3 is 4.74 Å². The van der Waals surface area contributed by atoms with Gasteiger partial charge in [-0.3, -0.25) is 0 Å². The van der Waals surface area contributed by atoms with Gasteiger partial charge in [-0.2, -0.15) is 0 Å². The molecular formula is C28H43FO. The zero-order valence-corrected chi connectivity index (χ0v) is 19.4. The van der Waals surface area contributed by atoms with Crippen molar-refractivity contribution in [3.8, 4) is 5.75 Å². The van der Waals surface area contributed by atoms with E-state index in [0.29, 0.717) is 12.4 Å². The first-order valence-electron chi connectivity index (χ1n) is 12.8. The molecule has 1 aromatic carbocycles. The molecule has 1 fully saturated rings. The van der Waals surface area contributed by atoms with Gasteiger partial charge in [-0.15, -0.1) is 0 Å². The van der Waals surface area contributed by atoms with Crippen LogP contribution in [0.3, 0.4) is 0 Å². The van der Waals surface area contributed by atoms with E-state index in [-0.39, 0.29) is 5.82 Å². The summed E-state index contributed by atoms with van der Waals surface area (Å²) in [6.45, 7) is 5.10. The lowest BCUT2D eigenvalue weighted by molar-refractivity contribution is 0.186. The van der Waals surface area contributed by atoms with Crippen LogP contribution in [0.4, 0.5) is 4.39 Å². The molecule has 2 aliphatic carbocycles. The Balaban J connectivity index is 1.40. The highest BCUT2D eigenvalue weighted by atomic mass is 19.1. The molecule has 1 saturated carbocycles. The van der Waals surface area contributed by atoms with Gasteiger partial charge in [0.25, 0.3) is 0 Å². The van der Waals surface area contributed by atoms with Crippen LogP contribution in [0.15, 0.2) is 29.8 Å². The van der Waals surface area contributed by atoms with Crippen LogP contribution in [-0.4, -0.2) is 6.61 Å². The predicted molar refractivity (Wildman–Crippen MR) is 126 cm³/mol. The minimum absolute atomic E-state index is 0.208. The maximum absolute atomic E-state index is 14.3. The number of rotatable bonds is 11. The first-order chi connectivity index (χ1) is 14.7. The molecule has 0 heterocycles. The molecule has 0 saturated heterocycles. The van der Waals surface area contributed by atoms with Crippen LogP contribution in [0, 0.1) is 23.6 Å². The largest absolute Gasteiger partial charge is 0.491 e. The van der Waals surface area contributed by atoms with Crippen LogP contribution < -0.4 is 4.74 Å². The molecule has 2 heteroatoms. The lowest BCUT2D eigenvalue weighted by Crippen LogP contribution is -2.23. The Kier molecular flexibility index (Phi) is 9.75. The maximum atomic E-state index is 14.3. The van der Waals surface area contributed by atoms with Crippen LogP contribution in [0.1, 0.15) is 103 Å². The maximum Gasteiger partial charge on any atom is 0.165 e. The summed E-state index contributed by atoms with van der Waals surface area (Å²) in [5, 5.41) is 0. The summed E-state index contributed by atoms with van der Waals surface area (Å²) in [5.74, 6) is 3.09. The molecular weight excluding hydrogens is 371 g/mol. The number of hydrogen-bond donors (Lipinski definition) is 0. The van der Waals surface area contributed by atoms with Crippen molar-refractivity contribution in [2.75, 3.05) is 6.61 Å². The van der Waals surface area contributed by atoms with E-state index in [2.05, 4.69) is 19.9 Å². The van der Waals surface area contributed by atoms with Crippen molar-refractivity contribution >= 4 is 0 Å². The third-order valence-corrected chi connectivity index (χ3v) is 7.54. The number of aryl methyl sites for hydroxylation is 1. The van der Waals surface area contributed by atoms with E-state index in [4.69, 9.17) is 4.74 Å². The Labute approximate surface area is 184 Å². The molecule has 0 aliphatic heterocycles. The van der Waals surface area contributed by atoms with Crippen molar-refractivity contribution in [1.29, 1.82) is 0 Å². The van der Waals surface area contributed by atoms with Crippen LogP contribution in [0.2, 0.25) is 0 Å². The van der Waals surface area contributed by atoms with Crippen molar-refractivity contribution in [1.82, 2.24) is 0 Å². The molecule has 0 spiro atoms. The van der Waals surface area contributed by atoms with Crippen molar-refractivity contribution in [3.63, 3.8) is 0 Å². The smallest absolute Gasteiger partial charge is 0.165 e. The van der Waals surface area contributed by atoms with Gasteiger partial charge in [-0.25, -0.2) is 4.39 Å². The molecule has 168 valence electrons. The van der Waals surface area contributed by atoms with E-state index in [0.717, 1.165) is 55.4 Å². The zero-order chi connectivity index (χ0) is 21.2. The quantitative estimate of drug-likeness (QED) is 0.260. The number of allylic oxidation sites excluding steroid dienone is 2. The van der Waals surface area contributed by atoms with Gasteiger partial charge in [0.2, 0.25) is 0 Å². The second-order valence-corrected chi connectivity index (χ2v) is 9.79. The van der Waals surface area contributed by atoms with Gasteiger partial charge in [0, 0.05) is 0 Å². The SMILES string of the molecule is CCCCCOc1ccc(CCC2=CCC([C@H]3CC[C@H](CCC)CC3)CC2)cc1F. The second-order valence-electron chi connectivity index (χ2n) is 9.79. The van der Waals surface area contributed by atoms with Crippen molar-refractivity contribution in [2.24, 2.45) is 17.8 Å². The standard InChI is InChI=1S/C28H43FO/c1-3-5-6-20-30-28-19-14-24(21-27(28)29)9-8-23-12-17-26(18-13-23)25-15-10-22(7-4-2)11-16-25/h12,14,19,21-22,25-26H,3-11,13,15-18,20H2,1-2H3/t22-,25-,26?. The fourth-order valence-corrected chi connectivity index (χ4v) is 5.58. The van der Waals surface area contributed by atoms with Crippen molar-refractivity contribution in [3.05, 3.63) is 41.2 Å². The molecule has 1 atom stereocenters. The van der Waals surface area contributed by atoms with Gasteiger partial charge in [0.05, 0.1) is 6.61 Å². The van der Waals surface area contributed by atoms with Crippen LogP contribution in [0.25, 0.3) is 0 Å². The summed E-state index contributed by atoms with van der Waals surface area (Å²) in [6.07, 6.45) is 20.4. The Hall–Kier alpha value is -1.31. The number of unbranched alkanes of at least 4 members (excludes halogenated alkanes) is 2. The summed E-state index contributed by atoms with van der Waals surface area (Å²) in [6, 6.07) is 5.53. The Morgan fingerprint density at radius 3 is 2.43 bits per heavy atom. The van der Waals surface area contributed by atoms with E-state index in [1.54, 1.807) is 11.6 Å². The lowest BCUT2D eigenvalue weighted by atomic mass is 9.70. The highest BCUT2D eigenvalue weighted by Crippen LogP contribution is 2.41. The van der Waals surface area contributed by atoms with Crippen LogP contribution >= 0.6 is 0 Å². The first-order valence-corrected chi connectivity index (χ1v) is 12.8. The Morgan fingerprint density at radius 1 is 0.933 bits per heavy atom. The Bertz CT molecular complexity index is 657. The fourth-order valence-electron chi connectivity index (χ4n) is 5.58. The van der Waals surface area contributed by atoms with E-state index >= 15 is 0 Å². The fraction of sp³-hybridized carbons (Fsp3) is 0.714. The molecule has 3 rings (SSSR count). The van der Waals surface area contributed by atoms with Crippen molar-refractivity contribution in [2.45, 2.75) is 104 Å². The van der Waals surface area contributed by atoms with Crippen LogP contribution in [0.5, 0.6) is 5.75 Å². The van der Waals surface area contributed by atoms with E-state index < -0.39 is 0 Å². The minimum atomic E-state index is -0.208. The van der Waals surface area contributed by atoms with Gasteiger partial charge in [-0.05, 0) is 86.8 Å². The third kappa shape index (κ3) is 7.13. The molecule has 30 heavy (non-hydrogen) atoms. The number of hydrogen-bond acceptors (Lipinski definition) is 1. The topological polar surface area (TPSA) is 9.23 Å². The molecule has 0 amide bonds. The Morgan fingerprint density at radius 2 is 1.77 bits per heavy atom. The molecule has 1 nitrogen and oxygen atoms in total. The molecule has 2 aliphatic rings. The molecule has 1 unspecified atom stereocenters. The average Bonchev–Trinajstić information content (AvgIpc) is 2.77. The summed E-state index contributed by atoms with van der Waals surface area (Å²) in [4.78, 5) is 0. The van der Waals surface area contributed by atoms with Crippen molar-refractivity contribution < 1.29 is 9.13 Å². The first kappa shape index (κ1) is 23.4. The summed E-state index contributed by atoms with van der Waals surface area (Å²) >= 11 is 0. The summed E-state index contributed by atoms with van der Waals surface area (Å²) in [5.41, 5.74) is 2.68. The highest BCUT2D eigenvalue weighted by Gasteiger charge is 2.28. The van der Waals surface area contributed by atoms with Gasteiger partial charge in [-0.1, -0.05) is 70.1 Å². The zero-order valence-electron chi connectivity index (χ0n) is 19.4. The second kappa shape index (κ2) is 12.5. The number of benzene rings is 1. The lowest BCUT2D eigenvalue weighted by Gasteiger charge is -2.35.